The number of aliphatic hydroxyl groups is 2. The van der Waals surface area contributed by atoms with Gasteiger partial charge in [0.15, 0.2) is 11.2 Å². The molecule has 3 rings (SSSR count). The number of hydrogen-bond donors (Lipinski definition) is 3. The van der Waals surface area contributed by atoms with Gasteiger partial charge < -0.3 is 19.7 Å². The maximum atomic E-state index is 12.0. The Hall–Kier alpha value is -2.43. The van der Waals surface area contributed by atoms with Gasteiger partial charge >= 0.3 is 0 Å². The van der Waals surface area contributed by atoms with E-state index in [4.69, 9.17) is 9.84 Å². The number of H-pyrrole nitrogens is 1. The first-order valence-corrected chi connectivity index (χ1v) is 7.01. The second-order valence-electron chi connectivity index (χ2n) is 5.04. The Morgan fingerprint density at radius 3 is 3.09 bits per heavy atom. The van der Waals surface area contributed by atoms with Crippen LogP contribution in [0.2, 0.25) is 0 Å². The summed E-state index contributed by atoms with van der Waals surface area (Å²) in [6.45, 7) is -0.306. The number of imidazole rings is 1. The van der Waals surface area contributed by atoms with E-state index in [1.807, 2.05) is 0 Å². The monoisotopic (exact) mass is 321 g/mol. The van der Waals surface area contributed by atoms with Crippen LogP contribution < -0.4 is 5.56 Å². The van der Waals surface area contributed by atoms with Gasteiger partial charge in [0.25, 0.3) is 5.56 Å². The zero-order valence-corrected chi connectivity index (χ0v) is 12.0. The molecule has 0 unspecified atom stereocenters. The fraction of sp³-hybridized carbons (Fsp3) is 0.462. The first-order valence-electron chi connectivity index (χ1n) is 7.01. The molecular weight excluding hydrogens is 306 g/mol. The normalized spacial score (nSPS) is 24.7. The Morgan fingerprint density at radius 1 is 1.57 bits per heavy atom. The Kier molecular flexibility index (Phi) is 4.28. The highest BCUT2D eigenvalue weighted by molar-refractivity contribution is 5.78. The van der Waals surface area contributed by atoms with Gasteiger partial charge in [-0.1, -0.05) is 0 Å². The summed E-state index contributed by atoms with van der Waals surface area (Å²) in [6, 6.07) is 0. The van der Waals surface area contributed by atoms with Crippen molar-refractivity contribution in [3.63, 3.8) is 0 Å². The maximum absolute atomic E-state index is 12.0. The number of aliphatic imine (C=N–C) groups is 1. The molecule has 0 aliphatic carbocycles. The van der Waals surface area contributed by atoms with Gasteiger partial charge in [0.2, 0.25) is 5.95 Å². The molecule has 0 amide bonds. The molecule has 1 aliphatic heterocycles. The van der Waals surface area contributed by atoms with Gasteiger partial charge in [0.1, 0.15) is 18.6 Å². The van der Waals surface area contributed by atoms with E-state index >= 15 is 0 Å². The largest absolute Gasteiger partial charge is 0.394 e. The second kappa shape index (κ2) is 6.36. The molecule has 3 heterocycles. The van der Waals surface area contributed by atoms with E-state index in [1.165, 1.54) is 17.1 Å². The second-order valence-corrected chi connectivity index (χ2v) is 5.04. The SMILES string of the molecule is O=CCC=Nc1nc2c(ncn2[C@H]2C[C@H](O)[C@@H](CO)O2)c(=O)[nH]1. The standard InChI is InChI=1S/C13H15N5O5/c19-3-1-2-14-13-16-11-10(12(22)17-13)15-6-18(11)9-4-7(21)8(5-20)23-9/h2-3,6-9,20-21H,1,4-5H2,(H,16,17,22)/t7-,8+,9+/m0/s1. The molecule has 1 fully saturated rings. The van der Waals surface area contributed by atoms with Crippen molar-refractivity contribution < 1.29 is 19.7 Å². The molecule has 0 spiro atoms. The molecule has 1 saturated heterocycles. The predicted molar refractivity (Wildman–Crippen MR) is 78.6 cm³/mol. The number of aromatic amines is 1. The molecule has 122 valence electrons. The van der Waals surface area contributed by atoms with E-state index < -0.39 is 24.0 Å². The Balaban J connectivity index is 1.99. The minimum Gasteiger partial charge on any atom is -0.394 e. The lowest BCUT2D eigenvalue weighted by atomic mass is 10.2. The van der Waals surface area contributed by atoms with E-state index in [0.717, 1.165) is 0 Å². The van der Waals surface area contributed by atoms with Crippen LogP contribution in [-0.4, -0.2) is 61.0 Å². The van der Waals surface area contributed by atoms with Crippen LogP contribution in [0.3, 0.4) is 0 Å². The number of nitrogens with zero attached hydrogens (tertiary/aromatic N) is 4. The minimum atomic E-state index is -0.811. The highest BCUT2D eigenvalue weighted by Gasteiger charge is 2.35. The van der Waals surface area contributed by atoms with Crippen molar-refractivity contribution in [2.75, 3.05) is 6.61 Å². The zero-order valence-electron chi connectivity index (χ0n) is 12.0. The van der Waals surface area contributed by atoms with E-state index in [2.05, 4.69) is 19.9 Å². The molecule has 23 heavy (non-hydrogen) atoms. The first kappa shape index (κ1) is 15.5. The van der Waals surface area contributed by atoms with Crippen molar-refractivity contribution in [3.8, 4) is 0 Å². The van der Waals surface area contributed by atoms with Crippen LogP contribution in [0.5, 0.6) is 0 Å². The van der Waals surface area contributed by atoms with Gasteiger partial charge in [-0.05, 0) is 0 Å². The third-order valence-corrected chi connectivity index (χ3v) is 3.53. The molecule has 0 saturated carbocycles. The number of ether oxygens (including phenoxy) is 1. The highest BCUT2D eigenvalue weighted by atomic mass is 16.5. The van der Waals surface area contributed by atoms with Crippen LogP contribution in [0, 0.1) is 0 Å². The van der Waals surface area contributed by atoms with Crippen LogP contribution in [0.4, 0.5) is 5.95 Å². The van der Waals surface area contributed by atoms with Gasteiger partial charge in [0, 0.05) is 19.1 Å². The number of carbonyl (C=O) groups excluding carboxylic acids is 1. The van der Waals surface area contributed by atoms with Crippen LogP contribution in [0.25, 0.3) is 11.2 Å². The molecular formula is C13H15N5O5. The number of hydrogen-bond acceptors (Lipinski definition) is 8. The summed E-state index contributed by atoms with van der Waals surface area (Å²) in [5.74, 6) is 0.0448. The summed E-state index contributed by atoms with van der Waals surface area (Å²) in [4.78, 5) is 36.9. The smallest absolute Gasteiger partial charge is 0.280 e. The van der Waals surface area contributed by atoms with E-state index in [0.29, 0.717) is 6.29 Å². The summed E-state index contributed by atoms with van der Waals surface area (Å²) in [6.07, 6.45) is 1.66. The van der Waals surface area contributed by atoms with Gasteiger partial charge in [-0.3, -0.25) is 14.3 Å². The van der Waals surface area contributed by atoms with Crippen molar-refractivity contribution in [1.29, 1.82) is 0 Å². The van der Waals surface area contributed by atoms with Crippen molar-refractivity contribution in [3.05, 3.63) is 16.7 Å². The number of fused-ring (bicyclic) bond motifs is 1. The van der Waals surface area contributed by atoms with Crippen molar-refractivity contribution in [2.24, 2.45) is 4.99 Å². The van der Waals surface area contributed by atoms with Gasteiger partial charge in [-0.25, -0.2) is 9.98 Å². The van der Waals surface area contributed by atoms with Crippen molar-refractivity contribution in [2.45, 2.75) is 31.3 Å². The lowest BCUT2D eigenvalue weighted by Crippen LogP contribution is -2.24. The van der Waals surface area contributed by atoms with Gasteiger partial charge in [-0.15, -0.1) is 0 Å². The fourth-order valence-electron chi connectivity index (χ4n) is 2.42. The first-order chi connectivity index (χ1) is 11.1. The molecule has 1 aliphatic rings. The summed E-state index contributed by atoms with van der Waals surface area (Å²) >= 11 is 0. The van der Waals surface area contributed by atoms with Crippen molar-refractivity contribution >= 4 is 29.6 Å². The average molecular weight is 321 g/mol. The lowest BCUT2D eigenvalue weighted by Gasteiger charge is -2.13. The Morgan fingerprint density at radius 2 is 2.39 bits per heavy atom. The van der Waals surface area contributed by atoms with E-state index in [-0.39, 0.29) is 36.6 Å². The zero-order chi connectivity index (χ0) is 16.4. The molecule has 0 bridgehead atoms. The molecule has 3 N–H and O–H groups in total. The Labute approximate surface area is 129 Å². The molecule has 2 aromatic heterocycles. The summed E-state index contributed by atoms with van der Waals surface area (Å²) < 4.78 is 7.06. The number of nitrogens with one attached hydrogen (secondary N) is 1. The number of aromatic nitrogens is 4. The van der Waals surface area contributed by atoms with Gasteiger partial charge in [-0.2, -0.15) is 4.98 Å². The number of aldehydes is 1. The lowest BCUT2D eigenvalue weighted by molar-refractivity contribution is -0.106. The van der Waals surface area contributed by atoms with Crippen LogP contribution in [0.15, 0.2) is 16.1 Å². The van der Waals surface area contributed by atoms with Gasteiger partial charge in [0.05, 0.1) is 19.0 Å². The molecule has 0 radical (unpaired) electrons. The third-order valence-electron chi connectivity index (χ3n) is 3.53. The van der Waals surface area contributed by atoms with Crippen molar-refractivity contribution in [1.82, 2.24) is 19.5 Å². The summed E-state index contributed by atoms with van der Waals surface area (Å²) in [7, 11) is 0. The number of aliphatic hydroxyl groups excluding tert-OH is 2. The summed E-state index contributed by atoms with van der Waals surface area (Å²) in [5, 5.41) is 19.0. The molecule has 0 aromatic carbocycles. The fourth-order valence-corrected chi connectivity index (χ4v) is 2.42. The molecule has 2 aromatic rings. The predicted octanol–water partition coefficient (Wildman–Crippen LogP) is -0.948. The van der Waals surface area contributed by atoms with Crippen LogP contribution in [0.1, 0.15) is 19.1 Å². The highest BCUT2D eigenvalue weighted by Crippen LogP contribution is 2.30. The topological polar surface area (TPSA) is 143 Å². The molecule has 10 heteroatoms. The molecule has 10 nitrogen and oxygen atoms in total. The molecule has 3 atom stereocenters. The minimum absolute atomic E-state index is 0.0448. The quantitative estimate of drug-likeness (QED) is 0.476. The Bertz CT molecular complexity index is 798. The number of carbonyl (C=O) groups is 1. The maximum Gasteiger partial charge on any atom is 0.280 e. The van der Waals surface area contributed by atoms with E-state index in [1.54, 1.807) is 0 Å². The van der Waals surface area contributed by atoms with Crippen LogP contribution >= 0.6 is 0 Å². The summed E-state index contributed by atoms with van der Waals surface area (Å²) in [5.41, 5.74) is -0.100. The van der Waals surface area contributed by atoms with E-state index in [9.17, 15) is 14.7 Å². The number of rotatable bonds is 5. The average Bonchev–Trinajstić information content (AvgIpc) is 3.11. The van der Waals surface area contributed by atoms with Crippen LogP contribution in [-0.2, 0) is 9.53 Å². The third kappa shape index (κ3) is 2.91.